The van der Waals surface area contributed by atoms with Gasteiger partial charge in [0.1, 0.15) is 96.5 Å². The number of anilines is 3. The Hall–Kier alpha value is -14.2. The summed E-state index contributed by atoms with van der Waals surface area (Å²) in [6.45, 7) is 17.1. The number of ether oxygens (including phenoxy) is 14. The summed E-state index contributed by atoms with van der Waals surface area (Å²) in [5, 5.41) is 5.08. The van der Waals surface area contributed by atoms with Crippen molar-refractivity contribution in [3.05, 3.63) is 281 Å². The molecule has 18 N–H and O–H groups in total. The van der Waals surface area contributed by atoms with E-state index in [1.807, 2.05) is 147 Å². The molecular weight excluding hydrogens is 1640 g/mol. The molecule has 33 heteroatoms. The smallest absolute Gasteiger partial charge is 0.268 e. The SMILES string of the molecule is CCC(=O)C(C)OCOC(C)C(=O)CN.CCC(=O)COCOCC(=O)CN.CNC(=O)c1ccc(OCOc2ccc(C(=O)NN)cc2)cc1.CNC(=O)c1ccccc1OCOc1ccccc1C(=O)NN.Cc1ccc(OCOc2ccc(N)c(C)c2)cc1C.Cc1ccc(OCOc2ccc(N)cc2)cc1.Cc1cccc(OCOc2cccc(N)c2)c1. The van der Waals surface area contributed by atoms with Crippen LogP contribution in [-0.4, -0.2) is 147 Å². The normalized spacial score (nSPS) is 10.5. The van der Waals surface area contributed by atoms with E-state index in [9.17, 15) is 38.4 Å². The van der Waals surface area contributed by atoms with Crippen LogP contribution in [0.15, 0.2) is 231 Å². The second-order valence-electron chi connectivity index (χ2n) is 26.9. The van der Waals surface area contributed by atoms with Gasteiger partial charge in [0, 0.05) is 61.2 Å². The van der Waals surface area contributed by atoms with Crippen molar-refractivity contribution in [3.63, 3.8) is 0 Å². The van der Waals surface area contributed by atoms with Crippen LogP contribution in [0.1, 0.15) is 110 Å². The number of ketones is 4. The summed E-state index contributed by atoms with van der Waals surface area (Å²) < 4.78 is 74.4. The Morgan fingerprint density at radius 2 is 0.740 bits per heavy atom. The molecule has 0 saturated heterocycles. The zero-order valence-corrected chi connectivity index (χ0v) is 73.3. The average molecular weight is 1750 g/mol. The van der Waals surface area contributed by atoms with Crippen LogP contribution < -0.4 is 109 Å². The molecule has 0 radical (unpaired) electrons. The summed E-state index contributed by atoms with van der Waals surface area (Å²) in [4.78, 5) is 89.5. The van der Waals surface area contributed by atoms with E-state index in [0.29, 0.717) is 64.0 Å². The fourth-order valence-corrected chi connectivity index (χ4v) is 9.69. The quantitative estimate of drug-likeness (QED) is 0.00424. The van der Waals surface area contributed by atoms with Gasteiger partial charge in [-0.15, -0.1) is 0 Å². The van der Waals surface area contributed by atoms with E-state index < -0.39 is 18.1 Å². The van der Waals surface area contributed by atoms with Crippen molar-refractivity contribution in [2.75, 3.05) is 105 Å². The molecule has 10 aromatic rings. The average Bonchev–Trinajstić information content (AvgIpc) is 0.854. The van der Waals surface area contributed by atoms with Crippen LogP contribution in [0.4, 0.5) is 17.1 Å². The van der Waals surface area contributed by atoms with Gasteiger partial charge in [-0.3, -0.25) is 49.2 Å². The molecule has 0 bridgehead atoms. The maximum absolute atomic E-state index is 11.8. The zero-order valence-electron chi connectivity index (χ0n) is 73.3. The number of hydrazine groups is 2. The number of amides is 4. The fraction of sp³-hybridized carbons (Fsp3) is 0.277. The largest absolute Gasteiger partial charge is 0.458 e. The van der Waals surface area contributed by atoms with Crippen molar-refractivity contribution in [1.29, 1.82) is 0 Å². The maximum atomic E-state index is 11.8. The maximum Gasteiger partial charge on any atom is 0.268 e. The van der Waals surface area contributed by atoms with E-state index in [1.54, 1.807) is 150 Å². The molecule has 10 aromatic carbocycles. The summed E-state index contributed by atoms with van der Waals surface area (Å²) in [7, 11) is 3.11. The van der Waals surface area contributed by atoms with Gasteiger partial charge in [0.25, 0.3) is 23.6 Å². The number of aryl methyl sites for hydroxylation is 5. The number of para-hydroxylation sites is 2. The highest BCUT2D eigenvalue weighted by Crippen LogP contribution is 2.25. The molecule has 0 saturated carbocycles. The first-order valence-electron chi connectivity index (χ1n) is 39.9. The van der Waals surface area contributed by atoms with Gasteiger partial charge in [-0.2, -0.15) is 0 Å². The number of nitrogens with two attached hydrogens (primary N) is 7. The van der Waals surface area contributed by atoms with Crippen molar-refractivity contribution in [2.24, 2.45) is 23.2 Å². The second kappa shape index (κ2) is 60.4. The minimum absolute atomic E-state index is 0.00174. The second-order valence-corrected chi connectivity index (χ2v) is 26.9. The topological polar surface area (TPSA) is 496 Å². The summed E-state index contributed by atoms with van der Waals surface area (Å²) in [5.74, 6) is 15.0. The van der Waals surface area contributed by atoms with Crippen molar-refractivity contribution < 1.29 is 105 Å². The Morgan fingerprint density at radius 1 is 0.331 bits per heavy atom. The predicted octanol–water partition coefficient (Wildman–Crippen LogP) is 11.5. The van der Waals surface area contributed by atoms with Gasteiger partial charge in [0.15, 0.2) is 23.1 Å². The van der Waals surface area contributed by atoms with Gasteiger partial charge >= 0.3 is 0 Å². The molecule has 0 aliphatic carbocycles. The van der Waals surface area contributed by atoms with Crippen molar-refractivity contribution in [3.8, 4) is 57.5 Å². The first kappa shape index (κ1) is 105. The third-order valence-corrected chi connectivity index (χ3v) is 17.3. The van der Waals surface area contributed by atoms with Crippen molar-refractivity contribution in [2.45, 2.75) is 87.4 Å². The van der Waals surface area contributed by atoms with Crippen molar-refractivity contribution in [1.82, 2.24) is 21.5 Å². The molecule has 33 nitrogen and oxygen atoms in total. The van der Waals surface area contributed by atoms with Crippen LogP contribution in [0.25, 0.3) is 0 Å². The van der Waals surface area contributed by atoms with E-state index in [1.165, 1.54) is 23.7 Å². The first-order chi connectivity index (χ1) is 61.1. The number of hydrogen-bond acceptors (Lipinski definition) is 29. The van der Waals surface area contributed by atoms with Crippen LogP contribution in [0, 0.1) is 34.6 Å². The highest BCUT2D eigenvalue weighted by atomic mass is 16.7. The lowest BCUT2D eigenvalue weighted by molar-refractivity contribution is -0.152. The number of nitrogen functional groups attached to an aromatic ring is 5. The number of carbonyl (C=O) groups is 8. The molecule has 0 spiro atoms. The molecule has 2 unspecified atom stereocenters. The molecule has 0 aliphatic rings. The molecule has 0 fully saturated rings. The summed E-state index contributed by atoms with van der Waals surface area (Å²) in [5.41, 5.74) is 40.9. The highest BCUT2D eigenvalue weighted by Gasteiger charge is 2.17. The molecular formula is C94H117N11O22. The summed E-state index contributed by atoms with van der Waals surface area (Å²) in [6, 6.07) is 68.3. The van der Waals surface area contributed by atoms with Gasteiger partial charge < -0.3 is 106 Å². The Bertz CT molecular complexity index is 4670. The number of nitrogens with one attached hydrogen (secondary N) is 4. The molecule has 680 valence electrons. The number of carbonyl (C=O) groups excluding carboxylic acids is 8. The van der Waals surface area contributed by atoms with Gasteiger partial charge in [-0.05, 0) is 235 Å². The Labute approximate surface area is 740 Å². The molecule has 0 aliphatic heterocycles. The van der Waals surface area contributed by atoms with Crippen LogP contribution in [0.2, 0.25) is 0 Å². The molecule has 10 rings (SSSR count). The third-order valence-electron chi connectivity index (χ3n) is 17.3. The fourth-order valence-electron chi connectivity index (χ4n) is 9.69. The number of rotatable bonds is 40. The lowest BCUT2D eigenvalue weighted by atomic mass is 10.1. The highest BCUT2D eigenvalue weighted by molar-refractivity contribution is 5.97. The zero-order chi connectivity index (χ0) is 93.3. The van der Waals surface area contributed by atoms with E-state index in [0.717, 1.165) is 51.2 Å². The van der Waals surface area contributed by atoms with Crippen LogP contribution in [0.5, 0.6) is 57.5 Å². The number of benzene rings is 10. The number of Topliss-reactive ketones (excluding diaryl/α,β-unsaturated/α-hetero) is 4. The minimum atomic E-state index is -0.584. The Kier molecular flexibility index (Phi) is 50.0. The molecule has 4 amide bonds. The summed E-state index contributed by atoms with van der Waals surface area (Å²) in [6.07, 6.45) is -0.200. The van der Waals surface area contributed by atoms with Crippen LogP contribution >= 0.6 is 0 Å². The Morgan fingerprint density at radius 3 is 1.19 bits per heavy atom. The standard InChI is InChI=1S/2C16H17N3O4.C16H19NO2.2C14H15NO2.C10H19NO4.C8H15NO4/c1-18-15(20)11-2-6-13(7-3-11)22-10-23-14-8-4-12(5-9-14)16(21)19-17;1-18-15(20)11-6-2-4-8-13(11)22-10-23-14-9-5-3-7-12(14)16(21)19-17;1-11-4-5-14(8-12(11)2)18-10-19-15-6-7-16(17)13(3)9-15;1-11-2-6-13(7-3-11)16-10-17-14-8-4-12(15)5-9-14;1-11-4-2-6-13(8-11)16-10-17-14-7-3-5-12(15)9-14;1-4-9(12)7(2)14-6-15-8(3)10(13)5-11;1-2-7(10)4-12-6-13-5-8(11)3-9/h2*2-9H,10,17H2,1H3,(H,18,20)(H,19,21);4-9H,10,17H2,1-3H3;2*2-9H,10,15H2,1H3;7-8H,4-6,11H2,1-3H3;2-6,9H2,1H3. The monoisotopic (exact) mass is 1750 g/mol. The molecule has 127 heavy (non-hydrogen) atoms. The molecule has 2 atom stereocenters. The number of hydrogen-bond donors (Lipinski definition) is 11. The lowest BCUT2D eigenvalue weighted by Crippen LogP contribution is -2.30. The molecule has 0 aromatic heterocycles. The Balaban J connectivity index is 0.000000313. The van der Waals surface area contributed by atoms with E-state index in [2.05, 4.69) is 24.5 Å². The van der Waals surface area contributed by atoms with E-state index in [-0.39, 0.29) is 120 Å². The molecule has 0 heterocycles. The van der Waals surface area contributed by atoms with Gasteiger partial charge in [-0.1, -0.05) is 80.1 Å². The predicted molar refractivity (Wildman–Crippen MR) is 483 cm³/mol. The van der Waals surface area contributed by atoms with Gasteiger partial charge in [-0.25, -0.2) is 11.7 Å². The van der Waals surface area contributed by atoms with Gasteiger partial charge in [0.05, 0.1) is 24.2 Å². The first-order valence-corrected chi connectivity index (χ1v) is 39.9. The van der Waals surface area contributed by atoms with Crippen LogP contribution in [-0.2, 0) is 38.1 Å². The van der Waals surface area contributed by atoms with E-state index >= 15 is 0 Å². The van der Waals surface area contributed by atoms with Crippen LogP contribution in [0.3, 0.4) is 0 Å². The van der Waals surface area contributed by atoms with Crippen molar-refractivity contribution >= 4 is 63.8 Å². The summed E-state index contributed by atoms with van der Waals surface area (Å²) >= 11 is 0. The lowest BCUT2D eigenvalue weighted by Gasteiger charge is -2.14. The van der Waals surface area contributed by atoms with Gasteiger partial charge in [0.2, 0.25) is 34.0 Å². The third kappa shape index (κ3) is 42.7. The van der Waals surface area contributed by atoms with E-state index in [4.69, 9.17) is 107 Å². The minimum Gasteiger partial charge on any atom is -0.458 e.